The SMILES string of the molecule is CCc1nc2[nH]c3ccccc3c2cc1C(=O)O. The van der Waals surface area contributed by atoms with Crippen molar-refractivity contribution in [1.82, 2.24) is 9.97 Å². The summed E-state index contributed by atoms with van der Waals surface area (Å²) in [6.07, 6.45) is 0.604. The van der Waals surface area contributed by atoms with Crippen LogP contribution in [-0.4, -0.2) is 21.0 Å². The molecule has 0 radical (unpaired) electrons. The van der Waals surface area contributed by atoms with Crippen LogP contribution in [0.1, 0.15) is 23.0 Å². The Morgan fingerprint density at radius 1 is 1.33 bits per heavy atom. The molecular weight excluding hydrogens is 228 g/mol. The highest BCUT2D eigenvalue weighted by Gasteiger charge is 2.14. The molecule has 0 bridgehead atoms. The van der Waals surface area contributed by atoms with Crippen LogP contribution in [0, 0.1) is 0 Å². The number of fused-ring (bicyclic) bond motifs is 3. The number of aromatic amines is 1. The van der Waals surface area contributed by atoms with E-state index in [4.69, 9.17) is 0 Å². The molecule has 0 saturated heterocycles. The van der Waals surface area contributed by atoms with Gasteiger partial charge in [0.1, 0.15) is 5.65 Å². The second-order valence-electron chi connectivity index (χ2n) is 4.21. The molecule has 0 saturated carbocycles. The Morgan fingerprint density at radius 2 is 2.11 bits per heavy atom. The number of benzene rings is 1. The Labute approximate surface area is 103 Å². The molecule has 0 aliphatic heterocycles. The zero-order valence-corrected chi connectivity index (χ0v) is 9.90. The minimum Gasteiger partial charge on any atom is -0.478 e. The lowest BCUT2D eigenvalue weighted by molar-refractivity contribution is 0.0695. The average molecular weight is 240 g/mol. The number of rotatable bonds is 2. The molecular formula is C14H12N2O2. The molecule has 4 heteroatoms. The Morgan fingerprint density at radius 3 is 2.83 bits per heavy atom. The van der Waals surface area contributed by atoms with Crippen LogP contribution in [0.25, 0.3) is 21.9 Å². The minimum atomic E-state index is -0.925. The Kier molecular flexibility index (Phi) is 2.30. The molecule has 0 aliphatic rings. The molecule has 1 aromatic carbocycles. The third kappa shape index (κ3) is 1.46. The molecule has 0 unspecified atom stereocenters. The van der Waals surface area contributed by atoms with Gasteiger partial charge in [0, 0.05) is 16.3 Å². The Balaban J connectivity index is 2.44. The zero-order valence-electron chi connectivity index (χ0n) is 9.90. The first-order valence-electron chi connectivity index (χ1n) is 5.84. The van der Waals surface area contributed by atoms with Crippen LogP contribution in [0.15, 0.2) is 30.3 Å². The molecule has 2 N–H and O–H groups in total. The molecule has 0 aliphatic carbocycles. The first kappa shape index (κ1) is 10.8. The minimum absolute atomic E-state index is 0.287. The maximum absolute atomic E-state index is 11.2. The number of aryl methyl sites for hydroxylation is 1. The summed E-state index contributed by atoms with van der Waals surface area (Å²) in [4.78, 5) is 18.9. The van der Waals surface area contributed by atoms with Crippen LogP contribution in [-0.2, 0) is 6.42 Å². The predicted octanol–water partition coefficient (Wildman–Crippen LogP) is 2.98. The molecule has 18 heavy (non-hydrogen) atoms. The number of H-pyrrole nitrogens is 1. The van der Waals surface area contributed by atoms with Crippen molar-refractivity contribution in [3.05, 3.63) is 41.6 Å². The fraction of sp³-hybridized carbons (Fsp3) is 0.143. The van der Waals surface area contributed by atoms with Crippen molar-refractivity contribution < 1.29 is 9.90 Å². The molecule has 2 heterocycles. The monoisotopic (exact) mass is 240 g/mol. The van der Waals surface area contributed by atoms with Crippen LogP contribution in [0.3, 0.4) is 0 Å². The normalized spacial score (nSPS) is 11.2. The second-order valence-corrected chi connectivity index (χ2v) is 4.21. The van der Waals surface area contributed by atoms with E-state index in [0.717, 1.165) is 21.9 Å². The smallest absolute Gasteiger partial charge is 0.337 e. The van der Waals surface area contributed by atoms with Gasteiger partial charge in [-0.05, 0) is 18.6 Å². The number of aromatic nitrogens is 2. The highest BCUT2D eigenvalue weighted by atomic mass is 16.4. The summed E-state index contributed by atoms with van der Waals surface area (Å²) in [7, 11) is 0. The molecule has 3 rings (SSSR count). The number of aromatic carboxylic acids is 1. The number of para-hydroxylation sites is 1. The van der Waals surface area contributed by atoms with Crippen LogP contribution in [0.5, 0.6) is 0 Å². The van der Waals surface area contributed by atoms with Crippen LogP contribution in [0.2, 0.25) is 0 Å². The quantitative estimate of drug-likeness (QED) is 0.723. The summed E-state index contributed by atoms with van der Waals surface area (Å²) in [5, 5.41) is 11.1. The third-order valence-corrected chi connectivity index (χ3v) is 3.14. The van der Waals surface area contributed by atoms with Crippen LogP contribution >= 0.6 is 0 Å². The summed E-state index contributed by atoms with van der Waals surface area (Å²) in [6.45, 7) is 1.91. The van der Waals surface area contributed by atoms with Crippen LogP contribution < -0.4 is 0 Å². The van der Waals surface area contributed by atoms with Crippen molar-refractivity contribution in [2.24, 2.45) is 0 Å². The first-order valence-corrected chi connectivity index (χ1v) is 5.84. The fourth-order valence-corrected chi connectivity index (χ4v) is 2.26. The zero-order chi connectivity index (χ0) is 12.7. The van der Waals surface area contributed by atoms with Gasteiger partial charge in [0.2, 0.25) is 0 Å². The summed E-state index contributed by atoms with van der Waals surface area (Å²) in [5.41, 5.74) is 2.62. The molecule has 3 aromatic rings. The number of carboxylic acid groups (broad SMARTS) is 1. The van der Waals surface area contributed by atoms with Crippen molar-refractivity contribution >= 4 is 27.9 Å². The lowest BCUT2D eigenvalue weighted by Gasteiger charge is -2.02. The van der Waals surface area contributed by atoms with Gasteiger partial charge in [-0.25, -0.2) is 9.78 Å². The van der Waals surface area contributed by atoms with E-state index in [1.807, 2.05) is 31.2 Å². The van der Waals surface area contributed by atoms with Gasteiger partial charge >= 0.3 is 5.97 Å². The highest BCUT2D eigenvalue weighted by Crippen LogP contribution is 2.26. The van der Waals surface area contributed by atoms with Crippen molar-refractivity contribution in [3.63, 3.8) is 0 Å². The summed E-state index contributed by atoms with van der Waals surface area (Å²) < 4.78 is 0. The van der Waals surface area contributed by atoms with Gasteiger partial charge in [-0.3, -0.25) is 0 Å². The summed E-state index contributed by atoms with van der Waals surface area (Å²) in [6, 6.07) is 9.51. The molecule has 2 aromatic heterocycles. The lowest BCUT2D eigenvalue weighted by Crippen LogP contribution is -2.04. The Bertz CT molecular complexity index is 759. The molecule has 0 atom stereocenters. The predicted molar refractivity (Wildman–Crippen MR) is 69.9 cm³/mol. The van der Waals surface area contributed by atoms with Crippen molar-refractivity contribution in [1.29, 1.82) is 0 Å². The van der Waals surface area contributed by atoms with E-state index in [2.05, 4.69) is 9.97 Å². The number of hydrogen-bond acceptors (Lipinski definition) is 2. The lowest BCUT2D eigenvalue weighted by atomic mass is 10.1. The standard InChI is InChI=1S/C14H12N2O2/c1-2-11-10(14(17)18)7-9-8-5-3-4-6-12(8)16-13(9)15-11/h3-7H,2H2,1H3,(H,15,16)(H,17,18). The van der Waals surface area contributed by atoms with Crippen molar-refractivity contribution in [2.45, 2.75) is 13.3 Å². The van der Waals surface area contributed by atoms with E-state index in [1.165, 1.54) is 0 Å². The Hall–Kier alpha value is -2.36. The van der Waals surface area contributed by atoms with Gasteiger partial charge < -0.3 is 10.1 Å². The number of nitrogens with one attached hydrogen (secondary N) is 1. The van der Waals surface area contributed by atoms with E-state index in [0.29, 0.717) is 12.1 Å². The number of nitrogens with zero attached hydrogens (tertiary/aromatic N) is 1. The molecule has 0 spiro atoms. The van der Waals surface area contributed by atoms with E-state index in [-0.39, 0.29) is 5.56 Å². The molecule has 4 nitrogen and oxygen atoms in total. The summed E-state index contributed by atoms with van der Waals surface area (Å²) >= 11 is 0. The van der Waals surface area contributed by atoms with Gasteiger partial charge in [-0.15, -0.1) is 0 Å². The largest absolute Gasteiger partial charge is 0.478 e. The van der Waals surface area contributed by atoms with E-state index in [9.17, 15) is 9.90 Å². The third-order valence-electron chi connectivity index (χ3n) is 3.14. The molecule has 0 fully saturated rings. The van der Waals surface area contributed by atoms with E-state index < -0.39 is 5.97 Å². The summed E-state index contributed by atoms with van der Waals surface area (Å²) in [5.74, 6) is -0.925. The molecule has 0 amide bonds. The van der Waals surface area contributed by atoms with Gasteiger partial charge in [0.15, 0.2) is 0 Å². The highest BCUT2D eigenvalue weighted by molar-refractivity contribution is 6.08. The maximum Gasteiger partial charge on any atom is 0.337 e. The van der Waals surface area contributed by atoms with Gasteiger partial charge in [-0.2, -0.15) is 0 Å². The van der Waals surface area contributed by atoms with Gasteiger partial charge in [-0.1, -0.05) is 25.1 Å². The number of carboxylic acids is 1. The number of pyridine rings is 1. The van der Waals surface area contributed by atoms with Gasteiger partial charge in [0.05, 0.1) is 11.3 Å². The topological polar surface area (TPSA) is 66.0 Å². The fourth-order valence-electron chi connectivity index (χ4n) is 2.26. The number of hydrogen-bond donors (Lipinski definition) is 2. The van der Waals surface area contributed by atoms with Crippen LogP contribution in [0.4, 0.5) is 0 Å². The van der Waals surface area contributed by atoms with E-state index in [1.54, 1.807) is 6.07 Å². The second kappa shape index (κ2) is 3.84. The van der Waals surface area contributed by atoms with Crippen molar-refractivity contribution in [2.75, 3.05) is 0 Å². The van der Waals surface area contributed by atoms with Crippen molar-refractivity contribution in [3.8, 4) is 0 Å². The maximum atomic E-state index is 11.2. The van der Waals surface area contributed by atoms with Gasteiger partial charge in [0.25, 0.3) is 0 Å². The average Bonchev–Trinajstić information content (AvgIpc) is 2.74. The number of carbonyl (C=O) groups is 1. The first-order chi connectivity index (χ1) is 8.70. The molecule has 90 valence electrons. The van der Waals surface area contributed by atoms with E-state index >= 15 is 0 Å².